The molecule has 3 aromatic rings. The second-order valence-electron chi connectivity index (χ2n) is 7.64. The van der Waals surface area contributed by atoms with Gasteiger partial charge in [0.15, 0.2) is 0 Å². The van der Waals surface area contributed by atoms with E-state index in [0.717, 1.165) is 48.0 Å². The lowest BCUT2D eigenvalue weighted by atomic mass is 10.1. The average Bonchev–Trinajstić information content (AvgIpc) is 3.47. The van der Waals surface area contributed by atoms with Gasteiger partial charge in [0.25, 0.3) is 0 Å². The summed E-state index contributed by atoms with van der Waals surface area (Å²) in [5.74, 6) is 0.877. The third-order valence-electron chi connectivity index (χ3n) is 5.49. The first-order valence-electron chi connectivity index (χ1n) is 9.83. The second-order valence-corrected chi connectivity index (χ2v) is 8.08. The highest BCUT2D eigenvalue weighted by Gasteiger charge is 2.29. The number of ether oxygens (including phenoxy) is 1. The molecule has 2 aromatic heterocycles. The molecule has 5 nitrogen and oxygen atoms in total. The van der Waals surface area contributed by atoms with E-state index in [-0.39, 0.29) is 0 Å². The zero-order chi connectivity index (χ0) is 18.9. The Hall–Kier alpha value is -2.37. The summed E-state index contributed by atoms with van der Waals surface area (Å²) >= 11 is 6.28. The number of benzene rings is 1. The average molecular weight is 395 g/mol. The summed E-state index contributed by atoms with van der Waals surface area (Å²) in [5.41, 5.74) is 4.81. The smallest absolute Gasteiger partial charge is 0.124 e. The van der Waals surface area contributed by atoms with E-state index in [2.05, 4.69) is 19.4 Å². The van der Waals surface area contributed by atoms with Crippen molar-refractivity contribution < 1.29 is 4.74 Å². The summed E-state index contributed by atoms with van der Waals surface area (Å²) in [7, 11) is 0. The highest BCUT2D eigenvalue weighted by molar-refractivity contribution is 6.30. The zero-order valence-electron chi connectivity index (χ0n) is 15.7. The fourth-order valence-electron chi connectivity index (χ4n) is 3.89. The van der Waals surface area contributed by atoms with Crippen LogP contribution in [0.2, 0.25) is 5.02 Å². The van der Waals surface area contributed by atoms with Gasteiger partial charge in [0, 0.05) is 66.3 Å². The van der Waals surface area contributed by atoms with E-state index in [4.69, 9.17) is 16.3 Å². The number of imidazole rings is 1. The number of aromatic nitrogens is 3. The normalized spacial score (nSPS) is 16.8. The predicted octanol–water partition coefficient (Wildman–Crippen LogP) is 4.40. The molecule has 1 aromatic carbocycles. The van der Waals surface area contributed by atoms with Crippen LogP contribution in [0.5, 0.6) is 5.75 Å². The van der Waals surface area contributed by atoms with E-state index in [0.29, 0.717) is 12.6 Å². The maximum atomic E-state index is 6.28. The van der Waals surface area contributed by atoms with Crippen LogP contribution in [0.1, 0.15) is 41.4 Å². The van der Waals surface area contributed by atoms with Crippen LogP contribution >= 0.6 is 11.6 Å². The van der Waals surface area contributed by atoms with Crippen molar-refractivity contribution >= 4 is 11.6 Å². The maximum absolute atomic E-state index is 6.28. The second kappa shape index (κ2) is 7.57. The molecular formula is C22H23ClN4O. The first-order valence-corrected chi connectivity index (χ1v) is 10.2. The van der Waals surface area contributed by atoms with Crippen molar-refractivity contribution in [3.8, 4) is 5.75 Å². The molecule has 1 fully saturated rings. The molecule has 1 aliphatic carbocycles. The first kappa shape index (κ1) is 17.7. The van der Waals surface area contributed by atoms with Gasteiger partial charge >= 0.3 is 0 Å². The third kappa shape index (κ3) is 3.77. The van der Waals surface area contributed by atoms with Crippen molar-refractivity contribution in [2.24, 2.45) is 0 Å². The van der Waals surface area contributed by atoms with Crippen molar-refractivity contribution in [1.29, 1.82) is 0 Å². The Morgan fingerprint density at radius 1 is 1.21 bits per heavy atom. The minimum Gasteiger partial charge on any atom is -0.489 e. The number of halogens is 1. The molecule has 0 saturated heterocycles. The van der Waals surface area contributed by atoms with Crippen LogP contribution in [0.25, 0.3) is 0 Å². The largest absolute Gasteiger partial charge is 0.489 e. The summed E-state index contributed by atoms with van der Waals surface area (Å²) in [4.78, 5) is 11.3. The molecule has 0 amide bonds. The monoisotopic (exact) mass is 394 g/mol. The lowest BCUT2D eigenvalue weighted by molar-refractivity contribution is 0.231. The molecule has 1 saturated carbocycles. The lowest BCUT2D eigenvalue weighted by Crippen LogP contribution is -2.31. The summed E-state index contributed by atoms with van der Waals surface area (Å²) in [6.45, 7) is 3.21. The van der Waals surface area contributed by atoms with E-state index in [1.807, 2.05) is 42.9 Å². The van der Waals surface area contributed by atoms with Crippen LogP contribution < -0.4 is 4.74 Å². The van der Waals surface area contributed by atoms with Gasteiger partial charge in [0.1, 0.15) is 12.4 Å². The summed E-state index contributed by atoms with van der Waals surface area (Å²) < 4.78 is 8.49. The molecule has 5 rings (SSSR count). The quantitative estimate of drug-likeness (QED) is 0.621. The highest BCUT2D eigenvalue weighted by Crippen LogP contribution is 2.37. The Labute approximate surface area is 169 Å². The summed E-state index contributed by atoms with van der Waals surface area (Å²) in [5, 5.41) is 0.736. The van der Waals surface area contributed by atoms with Gasteiger partial charge in [0.05, 0.1) is 12.0 Å². The molecule has 3 heterocycles. The van der Waals surface area contributed by atoms with Crippen molar-refractivity contribution in [3.63, 3.8) is 0 Å². The van der Waals surface area contributed by atoms with Crippen LogP contribution in [0.3, 0.4) is 0 Å². The fourth-order valence-corrected chi connectivity index (χ4v) is 4.08. The highest BCUT2D eigenvalue weighted by atomic mass is 35.5. The van der Waals surface area contributed by atoms with Gasteiger partial charge < -0.3 is 9.30 Å². The van der Waals surface area contributed by atoms with Gasteiger partial charge in [-0.3, -0.25) is 9.88 Å². The maximum Gasteiger partial charge on any atom is 0.124 e. The molecule has 0 spiro atoms. The molecule has 2 aliphatic rings. The predicted molar refractivity (Wildman–Crippen MR) is 108 cm³/mol. The molecule has 0 bridgehead atoms. The van der Waals surface area contributed by atoms with Crippen LogP contribution in [0.15, 0.2) is 49.1 Å². The summed E-state index contributed by atoms with van der Waals surface area (Å²) in [6, 6.07) is 10.5. The van der Waals surface area contributed by atoms with E-state index in [9.17, 15) is 0 Å². The van der Waals surface area contributed by atoms with Gasteiger partial charge in [-0.2, -0.15) is 0 Å². The molecule has 0 atom stereocenters. The van der Waals surface area contributed by atoms with E-state index in [1.54, 1.807) is 6.20 Å². The molecule has 0 unspecified atom stereocenters. The molecule has 6 heteroatoms. The Morgan fingerprint density at radius 3 is 2.96 bits per heavy atom. The minimum atomic E-state index is 0.498. The fraction of sp³-hybridized carbons (Fsp3) is 0.364. The van der Waals surface area contributed by atoms with Gasteiger partial charge in [-0.25, -0.2) is 4.98 Å². The standard InChI is InChI=1S/C22H23ClN4O/c23-18-3-6-22(28-14-16-2-1-8-24-11-16)17(10-18)12-26-9-7-21-20(13-26)25-15-27(21)19-4-5-19/h1-3,6,8,10-11,15,19H,4-5,7,9,12-14H2. The van der Waals surface area contributed by atoms with E-state index in [1.165, 1.54) is 24.2 Å². The molecule has 0 radical (unpaired) electrons. The van der Waals surface area contributed by atoms with Crippen molar-refractivity contribution in [2.75, 3.05) is 6.54 Å². The van der Waals surface area contributed by atoms with Crippen LogP contribution in [-0.4, -0.2) is 26.0 Å². The SMILES string of the molecule is Clc1ccc(OCc2cccnc2)c(CN2CCc3c(ncn3C3CC3)C2)c1. The van der Waals surface area contributed by atoms with Gasteiger partial charge in [-0.15, -0.1) is 0 Å². The van der Waals surface area contributed by atoms with Crippen LogP contribution in [0.4, 0.5) is 0 Å². The molecule has 28 heavy (non-hydrogen) atoms. The topological polar surface area (TPSA) is 43.2 Å². The Kier molecular flexibility index (Phi) is 4.79. The number of fused-ring (bicyclic) bond motifs is 1. The first-order chi connectivity index (χ1) is 13.8. The Balaban J connectivity index is 1.30. The van der Waals surface area contributed by atoms with Crippen molar-refractivity contribution in [2.45, 2.75) is 45.0 Å². The number of hydrogen-bond donors (Lipinski definition) is 0. The number of rotatable bonds is 6. The Morgan fingerprint density at radius 2 is 2.14 bits per heavy atom. The molecular weight excluding hydrogens is 372 g/mol. The van der Waals surface area contributed by atoms with Gasteiger partial charge in [-0.1, -0.05) is 17.7 Å². The van der Waals surface area contributed by atoms with E-state index >= 15 is 0 Å². The van der Waals surface area contributed by atoms with Crippen LogP contribution in [0, 0.1) is 0 Å². The van der Waals surface area contributed by atoms with Gasteiger partial charge in [0.2, 0.25) is 0 Å². The molecule has 0 N–H and O–H groups in total. The molecule has 144 valence electrons. The lowest BCUT2D eigenvalue weighted by Gasteiger charge is -2.27. The Bertz CT molecular complexity index is 968. The zero-order valence-corrected chi connectivity index (χ0v) is 16.5. The van der Waals surface area contributed by atoms with Crippen LogP contribution in [-0.2, 0) is 26.1 Å². The van der Waals surface area contributed by atoms with Gasteiger partial charge in [-0.05, 0) is 37.1 Å². The summed E-state index contributed by atoms with van der Waals surface area (Å²) in [6.07, 6.45) is 9.29. The van der Waals surface area contributed by atoms with Crippen molar-refractivity contribution in [1.82, 2.24) is 19.4 Å². The van der Waals surface area contributed by atoms with E-state index < -0.39 is 0 Å². The minimum absolute atomic E-state index is 0.498. The number of nitrogens with zero attached hydrogens (tertiary/aromatic N) is 4. The number of pyridine rings is 1. The number of hydrogen-bond acceptors (Lipinski definition) is 4. The van der Waals surface area contributed by atoms with Crippen molar-refractivity contribution in [3.05, 3.63) is 76.6 Å². The third-order valence-corrected chi connectivity index (χ3v) is 5.73. The molecule has 1 aliphatic heterocycles.